The van der Waals surface area contributed by atoms with Crippen LogP contribution in [0.2, 0.25) is 0 Å². The third kappa shape index (κ3) is 7.54. The van der Waals surface area contributed by atoms with Crippen LogP contribution in [0.1, 0.15) is 42.6 Å². The second-order valence-corrected chi connectivity index (χ2v) is 11.8. The highest BCUT2D eigenvalue weighted by atomic mass is 16.5. The van der Waals surface area contributed by atoms with E-state index >= 15 is 0 Å². The molecule has 2 aliphatic heterocycles. The minimum Gasteiger partial charge on any atom is -0.445 e. The van der Waals surface area contributed by atoms with E-state index < -0.39 is 48.7 Å². The molecule has 4 amide bonds. The van der Waals surface area contributed by atoms with Crippen LogP contribution in [0.25, 0.3) is 0 Å². The van der Waals surface area contributed by atoms with Crippen molar-refractivity contribution in [2.24, 2.45) is 5.92 Å². The number of carbonyl (C=O) groups excluding carboxylic acids is 5. The first-order valence-electron chi connectivity index (χ1n) is 14.8. The van der Waals surface area contributed by atoms with Gasteiger partial charge in [0, 0.05) is 31.9 Å². The topological polar surface area (TPSA) is 149 Å². The van der Waals surface area contributed by atoms with E-state index in [1.165, 1.54) is 9.80 Å². The zero-order chi connectivity index (χ0) is 32.0. The first kappa shape index (κ1) is 32.5. The highest BCUT2D eigenvalue weighted by molar-refractivity contribution is 6.01. The summed E-state index contributed by atoms with van der Waals surface area (Å²) < 4.78 is 5.18. The number of anilines is 1. The summed E-state index contributed by atoms with van der Waals surface area (Å²) in [4.78, 5) is 70.6. The molecule has 4 atom stereocenters. The number of alkyl carbamates (subject to hydrolysis) is 1. The average molecular weight is 608 g/mol. The number of nitrogens with one attached hydrogen (secondary N) is 2. The Bertz CT molecular complexity index is 1350. The smallest absolute Gasteiger partial charge is 0.408 e. The number of rotatable bonds is 11. The number of Topliss-reactive ketones (excluding diaryl/α,β-unsaturated/α-hetero) is 1. The molecule has 0 aromatic heterocycles. The van der Waals surface area contributed by atoms with Crippen LogP contribution in [0.5, 0.6) is 0 Å². The lowest BCUT2D eigenvalue weighted by molar-refractivity contribution is -0.138. The highest BCUT2D eigenvalue weighted by Crippen LogP contribution is 2.31. The largest absolute Gasteiger partial charge is 0.445 e. The Hall–Kier alpha value is -4.45. The molecule has 2 saturated heterocycles. The third-order valence-electron chi connectivity index (χ3n) is 7.93. The van der Waals surface area contributed by atoms with Crippen molar-refractivity contribution >= 4 is 35.3 Å². The van der Waals surface area contributed by atoms with Gasteiger partial charge in [0.15, 0.2) is 5.78 Å². The van der Waals surface area contributed by atoms with Gasteiger partial charge in [-0.25, -0.2) is 4.79 Å². The molecule has 236 valence electrons. The Labute approximate surface area is 257 Å². The Morgan fingerprint density at radius 3 is 2.23 bits per heavy atom. The maximum absolute atomic E-state index is 13.8. The number of aliphatic hydroxyl groups is 1. The highest BCUT2D eigenvalue weighted by Gasteiger charge is 2.53. The number of nitrogens with zero attached hydrogens (tertiary/aromatic N) is 3. The zero-order valence-electron chi connectivity index (χ0n) is 25.6. The van der Waals surface area contributed by atoms with E-state index in [9.17, 15) is 29.1 Å². The molecular weight excluding hydrogens is 566 g/mol. The van der Waals surface area contributed by atoms with Gasteiger partial charge in [0.2, 0.25) is 11.8 Å². The number of hydrogen-bond donors (Lipinski definition) is 3. The summed E-state index contributed by atoms with van der Waals surface area (Å²) in [5, 5.41) is 15.2. The van der Waals surface area contributed by atoms with Crippen LogP contribution in [0.4, 0.5) is 10.5 Å². The van der Waals surface area contributed by atoms with Crippen molar-refractivity contribution in [2.75, 3.05) is 38.7 Å². The van der Waals surface area contributed by atoms with Crippen LogP contribution >= 0.6 is 0 Å². The van der Waals surface area contributed by atoms with E-state index in [1.54, 1.807) is 36.4 Å². The number of ketones is 1. The number of aliphatic hydroxyl groups excluding tert-OH is 1. The molecule has 0 spiro atoms. The Balaban J connectivity index is 1.41. The number of fused-ring (bicyclic) bond motifs is 1. The summed E-state index contributed by atoms with van der Waals surface area (Å²) in [6, 6.07) is 12.4. The van der Waals surface area contributed by atoms with E-state index in [1.807, 2.05) is 51.0 Å². The fourth-order valence-corrected chi connectivity index (χ4v) is 5.70. The molecule has 2 aromatic rings. The number of amides is 4. The van der Waals surface area contributed by atoms with Crippen LogP contribution in [0, 0.1) is 5.92 Å². The molecule has 3 N–H and O–H groups in total. The molecule has 2 fully saturated rings. The van der Waals surface area contributed by atoms with Crippen LogP contribution in [0.15, 0.2) is 54.6 Å². The molecular formula is C32H41N5O7. The Kier molecular flexibility index (Phi) is 10.6. The van der Waals surface area contributed by atoms with Crippen LogP contribution in [-0.2, 0) is 25.7 Å². The summed E-state index contributed by atoms with van der Waals surface area (Å²) in [7, 11) is 3.80. The summed E-state index contributed by atoms with van der Waals surface area (Å²) in [6.45, 7) is 3.15. The molecule has 12 heteroatoms. The SMILES string of the molecule is CC(C)C[C@H](NC(=O)c1ccc(N(C)C)cc1)C(=O)N1CCC2C1C(=O)CN2C(=O)[C@H](CO)NC(=O)OCc1ccccc1. The number of ether oxygens (including phenoxy) is 1. The van der Waals surface area contributed by atoms with Gasteiger partial charge < -0.3 is 35.2 Å². The van der Waals surface area contributed by atoms with Crippen LogP contribution < -0.4 is 15.5 Å². The van der Waals surface area contributed by atoms with Crippen molar-refractivity contribution in [1.82, 2.24) is 20.4 Å². The number of hydrogen-bond acceptors (Lipinski definition) is 8. The molecule has 0 radical (unpaired) electrons. The van der Waals surface area contributed by atoms with Gasteiger partial charge in [-0.1, -0.05) is 44.2 Å². The predicted molar refractivity (Wildman–Crippen MR) is 163 cm³/mol. The van der Waals surface area contributed by atoms with Gasteiger partial charge in [-0.05, 0) is 48.6 Å². The Morgan fingerprint density at radius 2 is 1.61 bits per heavy atom. The fraction of sp³-hybridized carbons (Fsp3) is 0.469. The minimum atomic E-state index is -1.32. The van der Waals surface area contributed by atoms with E-state index in [0.29, 0.717) is 18.4 Å². The van der Waals surface area contributed by atoms with E-state index in [2.05, 4.69) is 10.6 Å². The molecule has 2 aliphatic rings. The molecule has 0 saturated carbocycles. The van der Waals surface area contributed by atoms with Gasteiger partial charge in [-0.15, -0.1) is 0 Å². The van der Waals surface area contributed by atoms with Crippen molar-refractivity contribution < 1.29 is 33.8 Å². The minimum absolute atomic E-state index is 0.0154. The van der Waals surface area contributed by atoms with Crippen molar-refractivity contribution in [3.8, 4) is 0 Å². The maximum Gasteiger partial charge on any atom is 0.408 e. The lowest BCUT2D eigenvalue weighted by atomic mass is 10.0. The average Bonchev–Trinajstić information content (AvgIpc) is 3.59. The molecule has 12 nitrogen and oxygen atoms in total. The summed E-state index contributed by atoms with van der Waals surface area (Å²) in [6.07, 6.45) is -0.166. The molecule has 4 rings (SSSR count). The van der Waals surface area contributed by atoms with Crippen molar-refractivity contribution in [2.45, 2.75) is 57.5 Å². The van der Waals surface area contributed by atoms with Gasteiger partial charge in [-0.2, -0.15) is 0 Å². The summed E-state index contributed by atoms with van der Waals surface area (Å²) in [5.41, 5.74) is 2.10. The maximum atomic E-state index is 13.8. The Morgan fingerprint density at radius 1 is 0.955 bits per heavy atom. The molecule has 2 unspecified atom stereocenters. The second-order valence-electron chi connectivity index (χ2n) is 11.8. The summed E-state index contributed by atoms with van der Waals surface area (Å²) >= 11 is 0. The standard InChI is InChI=1S/C32H41N5O7/c1-20(2)16-24(33-29(40)22-10-12-23(13-11-22)35(3)4)30(41)36-15-14-26-28(36)27(39)17-37(26)31(42)25(18-38)34-32(43)44-19-21-8-6-5-7-9-21/h5-13,20,24-26,28,38H,14-19H2,1-4H3,(H,33,40)(H,34,43)/t24-,25-,26?,28?/m0/s1. The van der Waals surface area contributed by atoms with Gasteiger partial charge in [0.05, 0.1) is 19.2 Å². The van der Waals surface area contributed by atoms with Gasteiger partial charge in [0.1, 0.15) is 24.7 Å². The van der Waals surface area contributed by atoms with Crippen LogP contribution in [-0.4, -0.2) is 102 Å². The van der Waals surface area contributed by atoms with Gasteiger partial charge >= 0.3 is 6.09 Å². The monoisotopic (exact) mass is 607 g/mol. The number of benzene rings is 2. The first-order chi connectivity index (χ1) is 21.0. The molecule has 2 aromatic carbocycles. The number of carbonyl (C=O) groups is 5. The molecule has 44 heavy (non-hydrogen) atoms. The molecule has 0 aliphatic carbocycles. The van der Waals surface area contributed by atoms with Gasteiger partial charge in [0.25, 0.3) is 5.91 Å². The van der Waals surface area contributed by atoms with Crippen molar-refractivity contribution in [3.05, 3.63) is 65.7 Å². The van der Waals surface area contributed by atoms with E-state index in [-0.39, 0.29) is 37.3 Å². The molecule has 2 heterocycles. The van der Waals surface area contributed by atoms with Crippen LogP contribution in [0.3, 0.4) is 0 Å². The molecule has 0 bridgehead atoms. The summed E-state index contributed by atoms with van der Waals surface area (Å²) in [5.74, 6) is -1.64. The lowest BCUT2D eigenvalue weighted by Gasteiger charge is -2.29. The van der Waals surface area contributed by atoms with E-state index in [0.717, 1.165) is 11.3 Å². The fourth-order valence-electron chi connectivity index (χ4n) is 5.70. The normalized spacial score (nSPS) is 18.9. The third-order valence-corrected chi connectivity index (χ3v) is 7.93. The quantitative estimate of drug-likeness (QED) is 0.349. The predicted octanol–water partition coefficient (Wildman–Crippen LogP) is 1.57. The van der Waals surface area contributed by atoms with Crippen molar-refractivity contribution in [3.63, 3.8) is 0 Å². The van der Waals surface area contributed by atoms with Gasteiger partial charge in [-0.3, -0.25) is 19.2 Å². The number of likely N-dealkylation sites (tertiary alicyclic amines) is 2. The zero-order valence-corrected chi connectivity index (χ0v) is 25.6. The first-order valence-corrected chi connectivity index (χ1v) is 14.8. The van der Waals surface area contributed by atoms with E-state index in [4.69, 9.17) is 4.74 Å². The lowest BCUT2D eigenvalue weighted by Crippen LogP contribution is -2.54. The van der Waals surface area contributed by atoms with Crippen molar-refractivity contribution in [1.29, 1.82) is 0 Å². The second kappa shape index (κ2) is 14.3.